The van der Waals surface area contributed by atoms with Gasteiger partial charge in [-0.1, -0.05) is 24.6 Å². The van der Waals surface area contributed by atoms with Crippen LogP contribution in [0.2, 0.25) is 5.02 Å². The molecule has 0 fully saturated rings. The molecule has 0 atom stereocenters. The zero-order chi connectivity index (χ0) is 15.3. The van der Waals surface area contributed by atoms with Crippen LogP contribution in [0.1, 0.15) is 19.1 Å². The van der Waals surface area contributed by atoms with Crippen LogP contribution in [0.3, 0.4) is 0 Å². The van der Waals surface area contributed by atoms with Crippen molar-refractivity contribution in [1.82, 2.24) is 5.32 Å². The van der Waals surface area contributed by atoms with Gasteiger partial charge in [-0.2, -0.15) is 8.42 Å². The Morgan fingerprint density at radius 1 is 1.24 bits per heavy atom. The number of halogens is 1. The quantitative estimate of drug-likeness (QED) is 0.765. The van der Waals surface area contributed by atoms with Crippen molar-refractivity contribution in [2.45, 2.75) is 25.0 Å². The lowest BCUT2D eigenvalue weighted by Crippen LogP contribution is -2.14. The average Bonchev–Trinajstić information content (AvgIpc) is 2.88. The normalized spacial score (nSPS) is 11.5. The Kier molecular flexibility index (Phi) is 5.27. The zero-order valence-electron chi connectivity index (χ0n) is 11.6. The highest BCUT2D eigenvalue weighted by Gasteiger charge is 2.19. The van der Waals surface area contributed by atoms with E-state index in [2.05, 4.69) is 17.0 Å². The summed E-state index contributed by atoms with van der Waals surface area (Å²) in [5.74, 6) is 0.579. The van der Waals surface area contributed by atoms with Gasteiger partial charge >= 0.3 is 0 Å². The fourth-order valence-corrected chi connectivity index (χ4v) is 2.94. The van der Waals surface area contributed by atoms with Gasteiger partial charge in [0.15, 0.2) is 0 Å². The van der Waals surface area contributed by atoms with Gasteiger partial charge in [0.1, 0.15) is 5.76 Å². The number of hydrogen-bond acceptors (Lipinski definition) is 4. The number of rotatable bonds is 7. The van der Waals surface area contributed by atoms with E-state index in [-0.39, 0.29) is 5.09 Å². The van der Waals surface area contributed by atoms with Gasteiger partial charge in [-0.05, 0) is 43.3 Å². The first kappa shape index (κ1) is 15.9. The van der Waals surface area contributed by atoms with Crippen LogP contribution >= 0.6 is 11.6 Å². The fourth-order valence-electron chi connectivity index (χ4n) is 1.74. The largest absolute Gasteiger partial charge is 0.446 e. The first-order valence-corrected chi connectivity index (χ1v) is 8.45. The van der Waals surface area contributed by atoms with Crippen molar-refractivity contribution in [3.8, 4) is 0 Å². The van der Waals surface area contributed by atoms with Gasteiger partial charge in [0.2, 0.25) is 5.09 Å². The molecule has 0 saturated heterocycles. The summed E-state index contributed by atoms with van der Waals surface area (Å²) in [6.07, 6.45) is 1.00. The Balaban J connectivity index is 2.09. The molecule has 0 unspecified atom stereocenters. The molecule has 0 saturated carbocycles. The van der Waals surface area contributed by atoms with Crippen molar-refractivity contribution in [2.24, 2.45) is 0 Å². The van der Waals surface area contributed by atoms with Crippen LogP contribution < -0.4 is 10.0 Å². The molecule has 0 amide bonds. The molecular weight excluding hydrogens is 312 g/mol. The maximum absolute atomic E-state index is 12.2. The second-order valence-corrected chi connectivity index (χ2v) is 6.56. The standard InChI is InChI=1S/C14H17ClN2O3S/c1-2-8-16-10-13-6-7-14(20-13)21(18,19)17-12-5-3-4-11(15)9-12/h3-7,9,16-17H,2,8,10H2,1H3. The van der Waals surface area contributed by atoms with Crippen molar-refractivity contribution in [3.63, 3.8) is 0 Å². The number of benzene rings is 1. The first-order valence-electron chi connectivity index (χ1n) is 6.59. The maximum atomic E-state index is 12.2. The van der Waals surface area contributed by atoms with Crippen LogP contribution in [0.25, 0.3) is 0 Å². The minimum Gasteiger partial charge on any atom is -0.446 e. The second-order valence-electron chi connectivity index (χ2n) is 4.51. The summed E-state index contributed by atoms with van der Waals surface area (Å²) in [6, 6.07) is 9.58. The Bertz CT molecular complexity index is 698. The van der Waals surface area contributed by atoms with Crippen LogP contribution in [0.4, 0.5) is 5.69 Å². The van der Waals surface area contributed by atoms with Crippen LogP contribution in [0.5, 0.6) is 0 Å². The molecule has 0 aliphatic carbocycles. The topological polar surface area (TPSA) is 71.3 Å². The zero-order valence-corrected chi connectivity index (χ0v) is 13.2. The van der Waals surface area contributed by atoms with Crippen LogP contribution in [-0.4, -0.2) is 15.0 Å². The molecule has 2 N–H and O–H groups in total. The number of hydrogen-bond donors (Lipinski definition) is 2. The molecule has 21 heavy (non-hydrogen) atoms. The number of sulfonamides is 1. The predicted molar refractivity (Wildman–Crippen MR) is 83.0 cm³/mol. The van der Waals surface area contributed by atoms with Gasteiger partial charge in [0, 0.05) is 5.02 Å². The molecule has 0 spiro atoms. The fraction of sp³-hybridized carbons (Fsp3) is 0.286. The Morgan fingerprint density at radius 3 is 2.76 bits per heavy atom. The summed E-state index contributed by atoms with van der Waals surface area (Å²) in [5.41, 5.74) is 0.393. The number of furan rings is 1. The number of anilines is 1. The molecule has 1 aromatic heterocycles. The molecule has 0 bridgehead atoms. The molecule has 0 aliphatic heterocycles. The third kappa shape index (κ3) is 4.49. The minimum atomic E-state index is -3.74. The Morgan fingerprint density at radius 2 is 2.05 bits per heavy atom. The molecule has 0 radical (unpaired) electrons. The molecule has 5 nitrogen and oxygen atoms in total. The smallest absolute Gasteiger partial charge is 0.295 e. The highest BCUT2D eigenvalue weighted by molar-refractivity contribution is 7.92. The van der Waals surface area contributed by atoms with Crippen molar-refractivity contribution in [3.05, 3.63) is 47.2 Å². The van der Waals surface area contributed by atoms with E-state index in [1.807, 2.05) is 0 Å². The third-order valence-electron chi connectivity index (χ3n) is 2.70. The summed E-state index contributed by atoms with van der Waals surface area (Å²) in [4.78, 5) is 0. The van der Waals surface area contributed by atoms with E-state index in [1.54, 1.807) is 24.3 Å². The van der Waals surface area contributed by atoms with Gasteiger partial charge in [-0.3, -0.25) is 4.72 Å². The molecule has 1 aromatic carbocycles. The first-order chi connectivity index (χ1) is 10.0. The third-order valence-corrected chi connectivity index (χ3v) is 4.19. The minimum absolute atomic E-state index is 0.115. The van der Waals surface area contributed by atoms with Gasteiger partial charge in [0.25, 0.3) is 10.0 Å². The molecule has 7 heteroatoms. The summed E-state index contributed by atoms with van der Waals surface area (Å²) in [7, 11) is -3.74. The van der Waals surface area contributed by atoms with E-state index >= 15 is 0 Å². The maximum Gasteiger partial charge on any atom is 0.295 e. The van der Waals surface area contributed by atoms with Crippen molar-refractivity contribution >= 4 is 27.3 Å². The van der Waals surface area contributed by atoms with Gasteiger partial charge in [0.05, 0.1) is 12.2 Å². The van der Waals surface area contributed by atoms with Gasteiger partial charge < -0.3 is 9.73 Å². The van der Waals surface area contributed by atoms with Crippen LogP contribution in [0.15, 0.2) is 45.9 Å². The molecule has 0 aliphatic rings. The second kappa shape index (κ2) is 6.98. The molecular formula is C14H17ClN2O3S. The Labute approximate surface area is 129 Å². The van der Waals surface area contributed by atoms with Crippen LogP contribution in [0, 0.1) is 0 Å². The molecule has 114 valence electrons. The van der Waals surface area contributed by atoms with Crippen molar-refractivity contribution in [1.29, 1.82) is 0 Å². The lowest BCUT2D eigenvalue weighted by Gasteiger charge is -2.06. The monoisotopic (exact) mass is 328 g/mol. The van der Waals surface area contributed by atoms with E-state index in [0.717, 1.165) is 13.0 Å². The lowest BCUT2D eigenvalue weighted by molar-refractivity contribution is 0.403. The average molecular weight is 329 g/mol. The van der Waals surface area contributed by atoms with Crippen molar-refractivity contribution < 1.29 is 12.8 Å². The highest BCUT2D eigenvalue weighted by Crippen LogP contribution is 2.20. The molecule has 1 heterocycles. The van der Waals surface area contributed by atoms with E-state index in [4.69, 9.17) is 16.0 Å². The van der Waals surface area contributed by atoms with Gasteiger partial charge in [-0.15, -0.1) is 0 Å². The highest BCUT2D eigenvalue weighted by atomic mass is 35.5. The van der Waals surface area contributed by atoms with Crippen LogP contribution in [-0.2, 0) is 16.6 Å². The van der Waals surface area contributed by atoms with E-state index in [1.165, 1.54) is 12.1 Å². The summed E-state index contributed by atoms with van der Waals surface area (Å²) < 4.78 is 32.2. The van der Waals surface area contributed by atoms with E-state index in [9.17, 15) is 8.42 Å². The molecule has 2 aromatic rings. The van der Waals surface area contributed by atoms with E-state index in [0.29, 0.717) is 23.0 Å². The Hall–Kier alpha value is -1.50. The number of nitrogens with one attached hydrogen (secondary N) is 2. The van der Waals surface area contributed by atoms with E-state index < -0.39 is 10.0 Å². The summed E-state index contributed by atoms with van der Waals surface area (Å²) in [6.45, 7) is 3.41. The lowest BCUT2D eigenvalue weighted by atomic mass is 10.3. The predicted octanol–water partition coefficient (Wildman–Crippen LogP) is 3.23. The SMILES string of the molecule is CCCNCc1ccc(S(=O)(=O)Nc2cccc(Cl)c2)o1. The summed E-state index contributed by atoms with van der Waals surface area (Å²) >= 11 is 5.83. The summed E-state index contributed by atoms with van der Waals surface area (Å²) in [5, 5.41) is 3.49. The molecule has 2 rings (SSSR count). The van der Waals surface area contributed by atoms with Gasteiger partial charge in [-0.25, -0.2) is 0 Å². The van der Waals surface area contributed by atoms with Crippen molar-refractivity contribution in [2.75, 3.05) is 11.3 Å².